The molecule has 204 valence electrons. The van der Waals surface area contributed by atoms with Crippen LogP contribution in [0.1, 0.15) is 29.9 Å². The van der Waals surface area contributed by atoms with Crippen LogP contribution in [0.2, 0.25) is 0 Å². The Balaban J connectivity index is 1.62. The minimum Gasteiger partial charge on any atom is -0.457 e. The molecular formula is C26H21F8NO3. The van der Waals surface area contributed by atoms with Gasteiger partial charge in [0.05, 0.1) is 12.2 Å². The van der Waals surface area contributed by atoms with Gasteiger partial charge in [-0.2, -0.15) is 35.1 Å². The van der Waals surface area contributed by atoms with E-state index in [1.54, 1.807) is 12.1 Å². The highest BCUT2D eigenvalue weighted by Gasteiger charge is 2.58. The second-order valence-electron chi connectivity index (χ2n) is 8.76. The van der Waals surface area contributed by atoms with Gasteiger partial charge in [-0.1, -0.05) is 30.3 Å². The third-order valence-corrected chi connectivity index (χ3v) is 5.73. The van der Waals surface area contributed by atoms with Crippen LogP contribution in [-0.2, 0) is 5.92 Å². The van der Waals surface area contributed by atoms with Crippen LogP contribution < -0.4 is 14.6 Å². The van der Waals surface area contributed by atoms with Crippen molar-refractivity contribution < 1.29 is 49.8 Å². The maximum Gasteiger partial charge on any atom is 0.458 e. The summed E-state index contributed by atoms with van der Waals surface area (Å²) in [7, 11) is 0. The first kappa shape index (κ1) is 27.5. The van der Waals surface area contributed by atoms with E-state index in [1.807, 2.05) is 12.1 Å². The summed E-state index contributed by atoms with van der Waals surface area (Å²) in [5.41, 5.74) is -0.476. The largest absolute Gasteiger partial charge is 0.458 e. The first-order valence-corrected chi connectivity index (χ1v) is 11.4. The minimum atomic E-state index is -5.90. The van der Waals surface area contributed by atoms with E-state index in [0.717, 1.165) is 30.5 Å². The van der Waals surface area contributed by atoms with Crippen molar-refractivity contribution in [2.45, 2.75) is 43.1 Å². The summed E-state index contributed by atoms with van der Waals surface area (Å²) in [4.78, 5) is 5.30. The fraction of sp³-hybridized carbons (Fsp3) is 0.308. The molecule has 0 spiro atoms. The second kappa shape index (κ2) is 10.3. The zero-order chi connectivity index (χ0) is 27.7. The van der Waals surface area contributed by atoms with Crippen molar-refractivity contribution in [3.63, 3.8) is 0 Å². The average molecular weight is 547 g/mol. The summed E-state index contributed by atoms with van der Waals surface area (Å²) in [6.07, 6.45) is -11.8. The highest BCUT2D eigenvalue weighted by atomic mass is 19.4. The van der Waals surface area contributed by atoms with E-state index < -0.39 is 42.2 Å². The Bertz CT molecular complexity index is 1260. The predicted octanol–water partition coefficient (Wildman–Crippen LogP) is 7.73. The average Bonchev–Trinajstić information content (AvgIpc) is 3.68. The number of anilines is 1. The smallest absolute Gasteiger partial charge is 0.457 e. The van der Waals surface area contributed by atoms with Gasteiger partial charge in [-0.25, -0.2) is 5.06 Å². The van der Waals surface area contributed by atoms with Crippen molar-refractivity contribution in [3.8, 4) is 17.2 Å². The van der Waals surface area contributed by atoms with Gasteiger partial charge in [0.2, 0.25) is 0 Å². The maximum atomic E-state index is 13.8. The normalized spacial score (nSPS) is 15.2. The van der Waals surface area contributed by atoms with Crippen molar-refractivity contribution in [1.29, 1.82) is 0 Å². The summed E-state index contributed by atoms with van der Waals surface area (Å²) in [6, 6.07) is 15.5. The lowest BCUT2D eigenvalue weighted by molar-refractivity contribution is -0.289. The lowest BCUT2D eigenvalue weighted by Gasteiger charge is -2.28. The number of benzene rings is 3. The Hall–Kier alpha value is -3.54. The van der Waals surface area contributed by atoms with Gasteiger partial charge in [0.25, 0.3) is 0 Å². The van der Waals surface area contributed by atoms with Gasteiger partial charge in [-0.3, -0.25) is 0 Å². The van der Waals surface area contributed by atoms with Crippen LogP contribution in [0.25, 0.3) is 0 Å². The Labute approximate surface area is 212 Å². The summed E-state index contributed by atoms with van der Waals surface area (Å²) >= 11 is 0. The van der Waals surface area contributed by atoms with E-state index in [-0.39, 0.29) is 11.4 Å². The Kier molecular flexibility index (Phi) is 7.46. The van der Waals surface area contributed by atoms with Gasteiger partial charge in [0.1, 0.15) is 11.5 Å². The summed E-state index contributed by atoms with van der Waals surface area (Å²) in [5.74, 6) is -4.74. The molecule has 1 N–H and O–H groups in total. The number of rotatable bonds is 9. The molecule has 0 radical (unpaired) electrons. The van der Waals surface area contributed by atoms with E-state index in [1.165, 1.54) is 24.3 Å². The van der Waals surface area contributed by atoms with Crippen molar-refractivity contribution in [3.05, 3.63) is 83.9 Å². The lowest BCUT2D eigenvalue weighted by atomic mass is 10.1. The van der Waals surface area contributed by atoms with Gasteiger partial charge >= 0.3 is 18.3 Å². The molecule has 3 aromatic carbocycles. The van der Waals surface area contributed by atoms with Crippen LogP contribution in [0.3, 0.4) is 0 Å². The number of hydrogen-bond acceptors (Lipinski definition) is 4. The SMILES string of the molecule is O[C@@H](CN(Oc1cccc(C(F)(F)C(F)(F)F)c1)c1cccc(Oc2cccc(C3CC3)c2)c1)C(F)(F)F. The zero-order valence-electron chi connectivity index (χ0n) is 19.4. The van der Waals surface area contributed by atoms with E-state index in [4.69, 9.17) is 9.57 Å². The molecule has 0 saturated heterocycles. The summed E-state index contributed by atoms with van der Waals surface area (Å²) < 4.78 is 111. The molecule has 0 aliphatic heterocycles. The lowest BCUT2D eigenvalue weighted by Crippen LogP contribution is -2.42. The second-order valence-corrected chi connectivity index (χ2v) is 8.76. The molecule has 0 bridgehead atoms. The van der Waals surface area contributed by atoms with Gasteiger partial charge in [-0.05, 0) is 60.7 Å². The number of hydrogen-bond donors (Lipinski definition) is 1. The number of hydroxylamine groups is 1. The van der Waals surface area contributed by atoms with Crippen LogP contribution in [0.4, 0.5) is 40.8 Å². The predicted molar refractivity (Wildman–Crippen MR) is 121 cm³/mol. The molecule has 1 aliphatic rings. The molecule has 1 fully saturated rings. The maximum absolute atomic E-state index is 13.8. The first-order valence-electron chi connectivity index (χ1n) is 11.4. The molecule has 0 unspecified atom stereocenters. The van der Waals surface area contributed by atoms with Gasteiger partial charge in [0.15, 0.2) is 11.9 Å². The minimum absolute atomic E-state index is 0.0860. The number of aliphatic hydroxyl groups excluding tert-OH is 1. The third kappa shape index (κ3) is 6.47. The number of aliphatic hydroxyl groups is 1. The number of alkyl halides is 8. The molecule has 0 amide bonds. The van der Waals surface area contributed by atoms with Gasteiger partial charge in [0, 0.05) is 11.6 Å². The zero-order valence-corrected chi connectivity index (χ0v) is 19.4. The van der Waals surface area contributed by atoms with Crippen molar-refractivity contribution >= 4 is 5.69 Å². The van der Waals surface area contributed by atoms with E-state index in [0.29, 0.717) is 28.9 Å². The Morgan fingerprint density at radius 1 is 0.789 bits per heavy atom. The molecule has 4 rings (SSSR count). The molecule has 0 heterocycles. The molecule has 4 nitrogen and oxygen atoms in total. The molecule has 38 heavy (non-hydrogen) atoms. The highest BCUT2D eigenvalue weighted by Crippen LogP contribution is 2.45. The van der Waals surface area contributed by atoms with E-state index in [2.05, 4.69) is 0 Å². The molecule has 1 atom stereocenters. The number of halogens is 8. The van der Waals surface area contributed by atoms with Crippen LogP contribution in [0.15, 0.2) is 72.8 Å². The molecule has 0 aromatic heterocycles. The fourth-order valence-electron chi connectivity index (χ4n) is 3.58. The van der Waals surface area contributed by atoms with Crippen molar-refractivity contribution in [2.24, 2.45) is 0 Å². The molecule has 3 aromatic rings. The molecular weight excluding hydrogens is 526 g/mol. The summed E-state index contributed by atoms with van der Waals surface area (Å²) in [6.45, 7) is -1.22. The molecule has 12 heteroatoms. The quantitative estimate of drug-likeness (QED) is 0.220. The van der Waals surface area contributed by atoms with Crippen LogP contribution in [0.5, 0.6) is 17.2 Å². The van der Waals surface area contributed by atoms with Gasteiger partial charge in [-0.15, -0.1) is 0 Å². The monoisotopic (exact) mass is 547 g/mol. The Morgan fingerprint density at radius 2 is 1.39 bits per heavy atom. The molecule has 1 saturated carbocycles. The van der Waals surface area contributed by atoms with E-state index >= 15 is 0 Å². The first-order chi connectivity index (χ1) is 17.7. The van der Waals surface area contributed by atoms with Crippen molar-refractivity contribution in [2.75, 3.05) is 11.6 Å². The van der Waals surface area contributed by atoms with Crippen LogP contribution in [-0.4, -0.2) is 30.1 Å². The Morgan fingerprint density at radius 3 is 2.03 bits per heavy atom. The van der Waals surface area contributed by atoms with Crippen LogP contribution in [0, 0.1) is 0 Å². The molecule has 1 aliphatic carbocycles. The summed E-state index contributed by atoms with van der Waals surface area (Å²) in [5, 5.41) is 10.2. The fourth-order valence-corrected chi connectivity index (χ4v) is 3.58. The van der Waals surface area contributed by atoms with Crippen LogP contribution >= 0.6 is 0 Å². The van der Waals surface area contributed by atoms with Crippen molar-refractivity contribution in [1.82, 2.24) is 0 Å². The van der Waals surface area contributed by atoms with Gasteiger partial charge < -0.3 is 14.7 Å². The standard InChI is InChI=1S/C26H21F8NO3/c27-24(28,26(32,33)34)18-5-2-9-22(13-18)38-35(15-23(36)25(29,30)31)19-6-3-8-21(14-19)37-20-7-1-4-17(12-20)16-10-11-16/h1-9,12-14,16,23,36H,10-11,15H2/t23-/m0/s1. The number of nitrogens with zero attached hydrogens (tertiary/aromatic N) is 1. The third-order valence-electron chi connectivity index (χ3n) is 5.73. The number of ether oxygens (including phenoxy) is 1. The highest BCUT2D eigenvalue weighted by molar-refractivity contribution is 5.51. The topological polar surface area (TPSA) is 41.9 Å². The van der Waals surface area contributed by atoms with E-state index in [9.17, 15) is 40.2 Å².